The van der Waals surface area contributed by atoms with Gasteiger partial charge < -0.3 is 10.4 Å². The monoisotopic (exact) mass is 281 g/mol. The molecule has 0 bridgehead atoms. The van der Waals surface area contributed by atoms with Gasteiger partial charge in [0.1, 0.15) is 0 Å². The van der Waals surface area contributed by atoms with Crippen LogP contribution in [0, 0.1) is 6.92 Å². The van der Waals surface area contributed by atoms with Crippen LogP contribution in [0.15, 0.2) is 54.6 Å². The molecule has 1 fully saturated rings. The number of hydrogen-bond acceptors (Lipinski definition) is 2. The smallest absolute Gasteiger partial charge is 0.0626 e. The molecule has 21 heavy (non-hydrogen) atoms. The number of aryl methyl sites for hydroxylation is 1. The van der Waals surface area contributed by atoms with Gasteiger partial charge in [0.15, 0.2) is 0 Å². The Balaban J connectivity index is 1.55. The van der Waals surface area contributed by atoms with Gasteiger partial charge in [0, 0.05) is 6.04 Å². The maximum absolute atomic E-state index is 9.60. The van der Waals surface area contributed by atoms with Gasteiger partial charge in [0.25, 0.3) is 0 Å². The normalized spacial score (nSPS) is 22.6. The number of rotatable bonds is 5. The van der Waals surface area contributed by atoms with Gasteiger partial charge in [-0.25, -0.2) is 0 Å². The van der Waals surface area contributed by atoms with E-state index in [-0.39, 0.29) is 12.6 Å². The van der Waals surface area contributed by atoms with Crippen molar-refractivity contribution in [2.75, 3.05) is 6.61 Å². The third-order valence-corrected chi connectivity index (χ3v) is 4.51. The van der Waals surface area contributed by atoms with Gasteiger partial charge in [0.2, 0.25) is 0 Å². The standard InChI is InChI=1S/C19H23NO/c1-14-7-9-15(10-8-14)17-11-18(12-17)20-19(13-21)16-5-3-2-4-6-16/h2-10,17-21H,11-13H2,1H3/t17?,18?,19-/m1/s1. The summed E-state index contributed by atoms with van der Waals surface area (Å²) in [6, 6.07) is 19.6. The molecule has 0 radical (unpaired) electrons. The van der Waals surface area contributed by atoms with Crippen molar-refractivity contribution in [3.8, 4) is 0 Å². The second-order valence-electron chi connectivity index (χ2n) is 6.09. The first-order valence-electron chi connectivity index (χ1n) is 7.74. The molecule has 1 aliphatic carbocycles. The van der Waals surface area contributed by atoms with Crippen LogP contribution in [0.5, 0.6) is 0 Å². The first-order valence-corrected chi connectivity index (χ1v) is 7.74. The molecular weight excluding hydrogens is 258 g/mol. The van der Waals surface area contributed by atoms with Gasteiger partial charge in [-0.2, -0.15) is 0 Å². The van der Waals surface area contributed by atoms with Crippen molar-refractivity contribution < 1.29 is 5.11 Å². The zero-order valence-corrected chi connectivity index (χ0v) is 12.5. The van der Waals surface area contributed by atoms with E-state index in [1.54, 1.807) is 0 Å². The SMILES string of the molecule is Cc1ccc(C2CC(N[C@H](CO)c3ccccc3)C2)cc1. The minimum atomic E-state index is 0.0511. The fourth-order valence-corrected chi connectivity index (χ4v) is 3.09. The van der Waals surface area contributed by atoms with Crippen molar-refractivity contribution in [2.24, 2.45) is 0 Å². The quantitative estimate of drug-likeness (QED) is 0.878. The van der Waals surface area contributed by atoms with Crippen molar-refractivity contribution in [1.29, 1.82) is 0 Å². The third kappa shape index (κ3) is 3.34. The van der Waals surface area contributed by atoms with Crippen LogP contribution < -0.4 is 5.32 Å². The van der Waals surface area contributed by atoms with Crippen LogP contribution >= 0.6 is 0 Å². The van der Waals surface area contributed by atoms with E-state index in [0.29, 0.717) is 12.0 Å². The van der Waals surface area contributed by atoms with E-state index in [9.17, 15) is 5.11 Å². The first-order chi connectivity index (χ1) is 10.3. The van der Waals surface area contributed by atoms with Gasteiger partial charge in [-0.1, -0.05) is 60.2 Å². The summed E-state index contributed by atoms with van der Waals surface area (Å²) in [6.07, 6.45) is 2.32. The summed E-state index contributed by atoms with van der Waals surface area (Å²) >= 11 is 0. The lowest BCUT2D eigenvalue weighted by atomic mass is 9.75. The highest BCUT2D eigenvalue weighted by atomic mass is 16.3. The number of benzene rings is 2. The molecule has 2 nitrogen and oxygen atoms in total. The van der Waals surface area contributed by atoms with E-state index in [2.05, 4.69) is 48.6 Å². The fourth-order valence-electron chi connectivity index (χ4n) is 3.09. The molecule has 1 saturated carbocycles. The summed E-state index contributed by atoms with van der Waals surface area (Å²) in [5, 5.41) is 13.2. The summed E-state index contributed by atoms with van der Waals surface area (Å²) < 4.78 is 0. The molecule has 2 heteroatoms. The van der Waals surface area contributed by atoms with Crippen LogP contribution in [0.4, 0.5) is 0 Å². The molecule has 110 valence electrons. The molecule has 1 atom stereocenters. The van der Waals surface area contributed by atoms with Crippen LogP contribution in [-0.2, 0) is 0 Å². The molecule has 2 N–H and O–H groups in total. The summed E-state index contributed by atoms with van der Waals surface area (Å²) in [6.45, 7) is 2.27. The van der Waals surface area contributed by atoms with Gasteiger partial charge in [-0.15, -0.1) is 0 Å². The minimum absolute atomic E-state index is 0.0511. The molecule has 0 aromatic heterocycles. The van der Waals surface area contributed by atoms with Crippen molar-refractivity contribution in [1.82, 2.24) is 5.32 Å². The van der Waals surface area contributed by atoms with Crippen LogP contribution in [0.3, 0.4) is 0 Å². The van der Waals surface area contributed by atoms with Gasteiger partial charge in [-0.3, -0.25) is 0 Å². The Kier molecular flexibility index (Phi) is 4.37. The average Bonchev–Trinajstić information content (AvgIpc) is 2.49. The zero-order chi connectivity index (χ0) is 14.7. The van der Waals surface area contributed by atoms with Crippen LogP contribution in [0.2, 0.25) is 0 Å². The minimum Gasteiger partial charge on any atom is -0.394 e. The maximum Gasteiger partial charge on any atom is 0.0626 e. The number of aliphatic hydroxyl groups is 1. The molecule has 0 spiro atoms. The molecule has 0 amide bonds. The van der Waals surface area contributed by atoms with E-state index in [4.69, 9.17) is 0 Å². The summed E-state index contributed by atoms with van der Waals surface area (Å²) in [7, 11) is 0. The predicted octanol–water partition coefficient (Wildman–Crippen LogP) is 3.56. The van der Waals surface area contributed by atoms with Gasteiger partial charge in [-0.05, 0) is 36.8 Å². The number of nitrogens with one attached hydrogen (secondary N) is 1. The van der Waals surface area contributed by atoms with E-state index in [1.165, 1.54) is 16.7 Å². The molecule has 0 heterocycles. The second kappa shape index (κ2) is 6.42. The maximum atomic E-state index is 9.60. The lowest BCUT2D eigenvalue weighted by Crippen LogP contribution is -2.43. The van der Waals surface area contributed by atoms with E-state index in [0.717, 1.165) is 12.8 Å². The molecule has 0 saturated heterocycles. The Morgan fingerprint density at radius 2 is 1.71 bits per heavy atom. The largest absolute Gasteiger partial charge is 0.394 e. The highest BCUT2D eigenvalue weighted by Gasteiger charge is 2.31. The molecule has 1 aliphatic rings. The van der Waals surface area contributed by atoms with E-state index in [1.807, 2.05) is 18.2 Å². The lowest BCUT2D eigenvalue weighted by Gasteiger charge is -2.38. The second-order valence-corrected chi connectivity index (χ2v) is 6.09. The van der Waals surface area contributed by atoms with Gasteiger partial charge in [0.05, 0.1) is 12.6 Å². The average molecular weight is 281 g/mol. The Bertz CT molecular complexity index is 558. The van der Waals surface area contributed by atoms with Crippen molar-refractivity contribution >= 4 is 0 Å². The fraction of sp³-hybridized carbons (Fsp3) is 0.368. The zero-order valence-electron chi connectivity index (χ0n) is 12.5. The predicted molar refractivity (Wildman–Crippen MR) is 86.3 cm³/mol. The molecular formula is C19H23NO. The summed E-state index contributed by atoms with van der Waals surface area (Å²) in [5.74, 6) is 0.665. The molecule has 2 aromatic rings. The van der Waals surface area contributed by atoms with Crippen molar-refractivity contribution in [3.63, 3.8) is 0 Å². The highest BCUT2D eigenvalue weighted by Crippen LogP contribution is 2.37. The lowest BCUT2D eigenvalue weighted by molar-refractivity contribution is 0.197. The highest BCUT2D eigenvalue weighted by molar-refractivity contribution is 5.27. The topological polar surface area (TPSA) is 32.3 Å². The third-order valence-electron chi connectivity index (χ3n) is 4.51. The Morgan fingerprint density at radius 1 is 1.05 bits per heavy atom. The molecule has 2 aromatic carbocycles. The Hall–Kier alpha value is -1.64. The molecule has 0 aliphatic heterocycles. The molecule has 3 rings (SSSR count). The van der Waals surface area contributed by atoms with Crippen LogP contribution in [0.25, 0.3) is 0 Å². The Labute approximate surface area is 126 Å². The number of hydrogen-bond donors (Lipinski definition) is 2. The number of aliphatic hydroxyl groups excluding tert-OH is 1. The van der Waals surface area contributed by atoms with Gasteiger partial charge >= 0.3 is 0 Å². The summed E-state index contributed by atoms with van der Waals surface area (Å²) in [5.41, 5.74) is 3.93. The first kappa shape index (κ1) is 14.3. The van der Waals surface area contributed by atoms with Crippen molar-refractivity contribution in [3.05, 3.63) is 71.3 Å². The Morgan fingerprint density at radius 3 is 2.33 bits per heavy atom. The van der Waals surface area contributed by atoms with Crippen LogP contribution in [-0.4, -0.2) is 17.8 Å². The summed E-state index contributed by atoms with van der Waals surface area (Å²) in [4.78, 5) is 0. The van der Waals surface area contributed by atoms with Crippen molar-refractivity contribution in [2.45, 2.75) is 37.8 Å². The van der Waals surface area contributed by atoms with E-state index < -0.39 is 0 Å². The van der Waals surface area contributed by atoms with Crippen LogP contribution in [0.1, 0.15) is 41.5 Å². The van der Waals surface area contributed by atoms with E-state index >= 15 is 0 Å². The molecule has 0 unspecified atom stereocenters.